The van der Waals surface area contributed by atoms with Crippen LogP contribution in [0.4, 0.5) is 4.39 Å². The standard InChI is InChI=1S/C43H49FN5O7PS/c1-4-19-55-43(53)27(3)47-57(54,56-33-9-7-6-8-10-33)26-29-12-16-38-30(20-29)22-39(58-38)40(50)46-36-14-11-28(5-2)21-32-13-15-37(49(32)41(36)51)42(52)48-24-31(25-48)34-23-45-18-17-35(34)44/h5-10,12,16-18,20,22-23,27-28,31-32,36-37H,2,4,11,13-15,19,21,24-26H2,1,3H3,(H,46,50)(H,47,54)/t27-,28+,32+,36-,37-,57?/m0/s1. The molecule has 5 heterocycles. The molecule has 2 aromatic heterocycles. The van der Waals surface area contributed by atoms with Gasteiger partial charge in [-0.15, -0.1) is 17.9 Å². The highest BCUT2D eigenvalue weighted by Gasteiger charge is 2.48. The van der Waals surface area contributed by atoms with E-state index in [2.05, 4.69) is 22.0 Å². The van der Waals surface area contributed by atoms with E-state index in [1.165, 1.54) is 29.8 Å². The van der Waals surface area contributed by atoms with Crippen LogP contribution in [0, 0.1) is 11.7 Å². The Hall–Kier alpha value is -4.91. The molecule has 3 fully saturated rings. The molecule has 0 saturated carbocycles. The van der Waals surface area contributed by atoms with Crippen molar-refractivity contribution in [2.24, 2.45) is 5.92 Å². The molecule has 3 amide bonds. The third-order valence-electron chi connectivity index (χ3n) is 11.2. The highest BCUT2D eigenvalue weighted by molar-refractivity contribution is 7.56. The van der Waals surface area contributed by atoms with Crippen molar-refractivity contribution >= 4 is 52.6 Å². The van der Waals surface area contributed by atoms with Gasteiger partial charge in [-0.25, -0.2) is 9.48 Å². The fourth-order valence-corrected chi connectivity index (χ4v) is 11.1. The van der Waals surface area contributed by atoms with Crippen LogP contribution in [0.5, 0.6) is 5.75 Å². The largest absolute Gasteiger partial charge is 0.465 e. The summed E-state index contributed by atoms with van der Waals surface area (Å²) in [4.78, 5) is 62.6. The monoisotopic (exact) mass is 829 g/mol. The van der Waals surface area contributed by atoms with Crippen molar-refractivity contribution in [1.29, 1.82) is 0 Å². The molecule has 12 nitrogen and oxygen atoms in total. The smallest absolute Gasteiger partial charge is 0.323 e. The summed E-state index contributed by atoms with van der Waals surface area (Å²) < 4.78 is 40.9. The van der Waals surface area contributed by atoms with Crippen molar-refractivity contribution in [3.63, 3.8) is 0 Å². The minimum Gasteiger partial charge on any atom is -0.465 e. The van der Waals surface area contributed by atoms with Crippen molar-refractivity contribution in [3.8, 4) is 5.75 Å². The van der Waals surface area contributed by atoms with Crippen molar-refractivity contribution in [3.05, 3.63) is 108 Å². The van der Waals surface area contributed by atoms with Gasteiger partial charge in [-0.3, -0.25) is 28.7 Å². The van der Waals surface area contributed by atoms with Crippen LogP contribution in [0.2, 0.25) is 0 Å². The SMILES string of the molecule is C=C[C@@H]1CC[C@H](NC(=O)c2cc3cc(CP(=O)(N[C@@H](C)C(=O)OCCC)Oc4ccccc4)ccc3s2)C(=O)N2[C@H](CC[C@H]2C(=O)N2CC(c3cnccc3F)C2)C1. The van der Waals surface area contributed by atoms with Gasteiger partial charge in [0, 0.05) is 47.7 Å². The van der Waals surface area contributed by atoms with E-state index in [1.54, 1.807) is 47.1 Å². The quantitative estimate of drug-likeness (QED) is 0.0765. The number of hydrogen-bond acceptors (Lipinski definition) is 9. The number of hydrogen-bond donors (Lipinski definition) is 2. The fourth-order valence-electron chi connectivity index (χ4n) is 8.15. The van der Waals surface area contributed by atoms with Gasteiger partial charge in [-0.1, -0.05) is 37.3 Å². The van der Waals surface area contributed by atoms with E-state index in [4.69, 9.17) is 9.26 Å². The van der Waals surface area contributed by atoms with Crippen LogP contribution >= 0.6 is 18.9 Å². The number of ether oxygens (including phenoxy) is 1. The molecule has 4 aromatic rings. The third kappa shape index (κ3) is 9.19. The number of pyridine rings is 1. The molecular weight excluding hydrogens is 781 g/mol. The number of benzene rings is 2. The Bertz CT molecular complexity index is 2210. The van der Waals surface area contributed by atoms with Gasteiger partial charge in [0.25, 0.3) is 5.91 Å². The number of allylic oxidation sites excluding steroid dienone is 1. The number of nitrogens with zero attached hydrogens (tertiary/aromatic N) is 3. The topological polar surface area (TPSA) is 147 Å². The summed E-state index contributed by atoms with van der Waals surface area (Å²) >= 11 is 1.28. The summed E-state index contributed by atoms with van der Waals surface area (Å²) in [6.07, 6.45) is 8.34. The highest BCUT2D eigenvalue weighted by Crippen LogP contribution is 2.47. The summed E-state index contributed by atoms with van der Waals surface area (Å²) in [6, 6.07) is 14.7. The molecule has 6 atom stereocenters. The molecule has 306 valence electrons. The molecule has 2 aromatic carbocycles. The van der Waals surface area contributed by atoms with Gasteiger partial charge in [-0.2, -0.15) is 0 Å². The summed E-state index contributed by atoms with van der Waals surface area (Å²) in [5.41, 5.74) is 1.15. The van der Waals surface area contributed by atoms with E-state index in [0.717, 1.165) is 10.1 Å². The van der Waals surface area contributed by atoms with Gasteiger partial charge in [0.2, 0.25) is 11.8 Å². The summed E-state index contributed by atoms with van der Waals surface area (Å²) in [5.74, 6) is -1.36. The van der Waals surface area contributed by atoms with Crippen LogP contribution in [0.15, 0.2) is 85.7 Å². The summed E-state index contributed by atoms with van der Waals surface area (Å²) in [7, 11) is -3.71. The van der Waals surface area contributed by atoms with Gasteiger partial charge >= 0.3 is 13.5 Å². The predicted molar refractivity (Wildman–Crippen MR) is 220 cm³/mol. The summed E-state index contributed by atoms with van der Waals surface area (Å²) in [6.45, 7) is 8.47. The molecule has 0 spiro atoms. The molecule has 0 radical (unpaired) electrons. The van der Waals surface area contributed by atoms with Crippen LogP contribution in [0.25, 0.3) is 10.1 Å². The fraction of sp³-hybridized carbons (Fsp3) is 0.419. The second-order valence-corrected chi connectivity index (χ2v) is 18.6. The van der Waals surface area contributed by atoms with Crippen molar-refractivity contribution < 1.29 is 37.4 Å². The Morgan fingerprint density at radius 2 is 1.88 bits per heavy atom. The van der Waals surface area contributed by atoms with Gasteiger partial charge in [0.15, 0.2) is 0 Å². The number of esters is 1. The van der Waals surface area contributed by atoms with Gasteiger partial charge in [-0.05, 0) is 98.7 Å². The molecule has 0 aliphatic carbocycles. The maximum Gasteiger partial charge on any atom is 0.323 e. The molecule has 0 bridgehead atoms. The van der Waals surface area contributed by atoms with E-state index >= 15 is 0 Å². The van der Waals surface area contributed by atoms with Crippen molar-refractivity contribution in [2.45, 2.75) is 88.6 Å². The second-order valence-electron chi connectivity index (χ2n) is 15.4. The third-order valence-corrected chi connectivity index (χ3v) is 14.4. The number of thiophene rings is 1. The first-order chi connectivity index (χ1) is 27.9. The Morgan fingerprint density at radius 1 is 1.09 bits per heavy atom. The van der Waals surface area contributed by atoms with Gasteiger partial charge in [0.05, 0.1) is 17.6 Å². The molecule has 2 N–H and O–H groups in total. The number of amides is 3. The average Bonchev–Trinajstić information content (AvgIpc) is 3.81. The van der Waals surface area contributed by atoms with E-state index in [1.807, 2.05) is 37.3 Å². The van der Waals surface area contributed by atoms with Gasteiger partial charge in [0.1, 0.15) is 29.7 Å². The van der Waals surface area contributed by atoms with E-state index in [0.29, 0.717) is 73.4 Å². The van der Waals surface area contributed by atoms with Crippen LogP contribution in [-0.2, 0) is 29.8 Å². The lowest BCUT2D eigenvalue weighted by Crippen LogP contribution is -2.60. The van der Waals surface area contributed by atoms with Crippen LogP contribution < -0.4 is 14.9 Å². The number of likely N-dealkylation sites (tertiary alicyclic amines) is 1. The highest BCUT2D eigenvalue weighted by atomic mass is 32.1. The molecular formula is C43H49FN5O7PS. The van der Waals surface area contributed by atoms with Crippen LogP contribution in [0.1, 0.15) is 79.1 Å². The molecule has 3 saturated heterocycles. The number of carbonyl (C=O) groups is 4. The van der Waals surface area contributed by atoms with E-state index in [9.17, 15) is 28.1 Å². The Kier molecular flexibility index (Phi) is 12.8. The number of carbonyl (C=O) groups excluding carboxylic acids is 4. The first kappa shape index (κ1) is 41.3. The number of halogens is 1. The van der Waals surface area contributed by atoms with Crippen molar-refractivity contribution in [2.75, 3.05) is 19.7 Å². The first-order valence-corrected chi connectivity index (χ1v) is 22.5. The van der Waals surface area contributed by atoms with E-state index < -0.39 is 37.5 Å². The Balaban J connectivity index is 1.06. The lowest BCUT2D eigenvalue weighted by Gasteiger charge is -2.43. The number of nitrogens with one attached hydrogen (secondary N) is 2. The molecule has 3 aliphatic rings. The normalized spacial score (nSPS) is 22.5. The zero-order valence-corrected chi connectivity index (χ0v) is 34.4. The zero-order valence-electron chi connectivity index (χ0n) is 32.7. The predicted octanol–water partition coefficient (Wildman–Crippen LogP) is 7.21. The number of rotatable bonds is 14. The van der Waals surface area contributed by atoms with Crippen LogP contribution in [-0.4, -0.2) is 82.3 Å². The lowest BCUT2D eigenvalue weighted by molar-refractivity contribution is -0.150. The number of para-hydroxylation sites is 1. The maximum absolute atomic E-state index is 14.4. The Labute approximate surface area is 341 Å². The molecule has 7 rings (SSSR count). The van der Waals surface area contributed by atoms with Crippen LogP contribution in [0.3, 0.4) is 0 Å². The molecule has 1 unspecified atom stereocenters. The van der Waals surface area contributed by atoms with Gasteiger partial charge < -0.3 is 24.4 Å². The zero-order chi connectivity index (χ0) is 41.0. The summed E-state index contributed by atoms with van der Waals surface area (Å²) in [5, 5.41) is 6.65. The minimum absolute atomic E-state index is 0.0447. The molecule has 15 heteroatoms. The Morgan fingerprint density at radius 3 is 2.62 bits per heavy atom. The molecule has 58 heavy (non-hydrogen) atoms. The first-order valence-electron chi connectivity index (χ1n) is 19.9. The van der Waals surface area contributed by atoms with E-state index in [-0.39, 0.29) is 48.3 Å². The van der Waals surface area contributed by atoms with Crippen molar-refractivity contribution in [1.82, 2.24) is 25.2 Å². The average molecular weight is 830 g/mol. The number of aromatic nitrogens is 1. The second kappa shape index (κ2) is 17.9. The number of fused-ring (bicyclic) bond motifs is 2. The minimum atomic E-state index is -3.71. The molecule has 3 aliphatic heterocycles. The lowest BCUT2D eigenvalue weighted by atomic mass is 9.89. The maximum atomic E-state index is 14.4.